The van der Waals surface area contributed by atoms with Crippen molar-refractivity contribution in [3.05, 3.63) is 72.3 Å². The second-order valence-electron chi connectivity index (χ2n) is 11.0. The highest BCUT2D eigenvalue weighted by Crippen LogP contribution is 2.33. The number of H-pyrrole nitrogens is 2. The summed E-state index contributed by atoms with van der Waals surface area (Å²) in [6.07, 6.45) is 19.7. The highest BCUT2D eigenvalue weighted by atomic mass is 15.2. The molecule has 0 atom stereocenters. The number of nitrogens with zero attached hydrogens (tertiary/aromatic N) is 4. The van der Waals surface area contributed by atoms with Crippen molar-refractivity contribution < 1.29 is 0 Å². The van der Waals surface area contributed by atoms with Crippen LogP contribution in [0.3, 0.4) is 0 Å². The van der Waals surface area contributed by atoms with Crippen LogP contribution >= 0.6 is 0 Å². The molecule has 1 aliphatic heterocycles. The summed E-state index contributed by atoms with van der Waals surface area (Å²) in [7, 11) is 0. The predicted octanol–water partition coefficient (Wildman–Crippen LogP) is 7.46. The Bertz CT molecular complexity index is 1450. The second-order valence-corrected chi connectivity index (χ2v) is 11.0. The molecule has 0 bridgehead atoms. The number of benzene rings is 1. The van der Waals surface area contributed by atoms with Crippen LogP contribution in [0, 0.1) is 12.8 Å². The van der Waals surface area contributed by atoms with Gasteiger partial charge in [-0.1, -0.05) is 50.8 Å². The summed E-state index contributed by atoms with van der Waals surface area (Å²) in [4.78, 5) is 15.6. The number of rotatable bonds is 7. The zero-order valence-electron chi connectivity index (χ0n) is 22.5. The van der Waals surface area contributed by atoms with Crippen molar-refractivity contribution in [2.24, 2.45) is 5.92 Å². The summed E-state index contributed by atoms with van der Waals surface area (Å²) >= 11 is 0. The summed E-state index contributed by atoms with van der Waals surface area (Å²) in [6, 6.07) is 8.81. The number of fused-ring (bicyclic) bond motifs is 1. The maximum atomic E-state index is 5.07. The van der Waals surface area contributed by atoms with Gasteiger partial charge in [-0.2, -0.15) is 5.10 Å². The quantitative estimate of drug-likeness (QED) is 0.255. The SMILES string of the molecule is C=C/C=C(\c1nc(-c2n[nH]c3ccc(-c4cncc(CC5CCCCC5)c4)cc23)[nH]c1C)N1CCCCC1. The van der Waals surface area contributed by atoms with Gasteiger partial charge in [-0.25, -0.2) is 4.98 Å². The fourth-order valence-electron chi connectivity index (χ4n) is 6.26. The zero-order chi connectivity index (χ0) is 25.9. The fourth-order valence-corrected chi connectivity index (χ4v) is 6.26. The molecule has 4 heterocycles. The van der Waals surface area contributed by atoms with Crippen LogP contribution in [0.5, 0.6) is 0 Å². The first-order valence-corrected chi connectivity index (χ1v) is 14.3. The highest BCUT2D eigenvalue weighted by molar-refractivity contribution is 5.94. The maximum absolute atomic E-state index is 5.07. The van der Waals surface area contributed by atoms with E-state index in [4.69, 9.17) is 4.98 Å². The van der Waals surface area contributed by atoms with Crippen LogP contribution in [-0.4, -0.2) is 43.1 Å². The molecule has 2 aliphatic rings. The van der Waals surface area contributed by atoms with Crippen LogP contribution in [-0.2, 0) is 6.42 Å². The predicted molar refractivity (Wildman–Crippen MR) is 156 cm³/mol. The first-order chi connectivity index (χ1) is 18.7. The first kappa shape index (κ1) is 24.7. The number of allylic oxidation sites excluding steroid dienone is 2. The average molecular weight is 507 g/mol. The van der Waals surface area contributed by atoms with E-state index in [0.717, 1.165) is 76.1 Å². The van der Waals surface area contributed by atoms with E-state index in [1.54, 1.807) is 0 Å². The molecule has 38 heavy (non-hydrogen) atoms. The number of imidazole rings is 1. The van der Waals surface area contributed by atoms with Crippen LogP contribution in [0.25, 0.3) is 39.2 Å². The van der Waals surface area contributed by atoms with E-state index in [-0.39, 0.29) is 0 Å². The summed E-state index contributed by atoms with van der Waals surface area (Å²) in [5.74, 6) is 1.59. The van der Waals surface area contributed by atoms with Crippen LogP contribution in [0.4, 0.5) is 0 Å². The Kier molecular flexibility index (Phi) is 7.12. The Morgan fingerprint density at radius 3 is 2.66 bits per heavy atom. The first-order valence-electron chi connectivity index (χ1n) is 14.3. The topological polar surface area (TPSA) is 73.5 Å². The number of hydrogen-bond acceptors (Lipinski definition) is 4. The van der Waals surface area contributed by atoms with Gasteiger partial charge in [0.25, 0.3) is 0 Å². The van der Waals surface area contributed by atoms with Crippen molar-refractivity contribution in [1.29, 1.82) is 0 Å². The number of aromatic amines is 2. The number of aromatic nitrogens is 5. The normalized spacial score (nSPS) is 17.3. The molecular weight excluding hydrogens is 468 g/mol. The van der Waals surface area contributed by atoms with Crippen molar-refractivity contribution in [2.45, 2.75) is 64.7 Å². The lowest BCUT2D eigenvalue weighted by atomic mass is 9.85. The molecule has 6 heteroatoms. The number of nitrogens with one attached hydrogen (secondary N) is 2. The molecule has 4 aromatic rings. The van der Waals surface area contributed by atoms with Gasteiger partial charge in [0.15, 0.2) is 5.82 Å². The molecule has 6 rings (SSSR count). The lowest BCUT2D eigenvalue weighted by Crippen LogP contribution is -2.28. The molecule has 2 N–H and O–H groups in total. The van der Waals surface area contributed by atoms with Crippen molar-refractivity contribution in [2.75, 3.05) is 13.1 Å². The van der Waals surface area contributed by atoms with Gasteiger partial charge in [0.2, 0.25) is 0 Å². The van der Waals surface area contributed by atoms with E-state index in [0.29, 0.717) is 0 Å². The van der Waals surface area contributed by atoms with Gasteiger partial charge >= 0.3 is 0 Å². The van der Waals surface area contributed by atoms with Crippen molar-refractivity contribution >= 4 is 16.6 Å². The van der Waals surface area contributed by atoms with Gasteiger partial charge in [0.1, 0.15) is 11.4 Å². The molecule has 1 aliphatic carbocycles. The van der Waals surface area contributed by atoms with Crippen molar-refractivity contribution in [3.8, 4) is 22.6 Å². The van der Waals surface area contributed by atoms with Crippen LogP contribution in [0.1, 0.15) is 68.3 Å². The van der Waals surface area contributed by atoms with Gasteiger partial charge in [-0.05, 0) is 73.9 Å². The Morgan fingerprint density at radius 1 is 1.03 bits per heavy atom. The number of pyridine rings is 1. The lowest BCUT2D eigenvalue weighted by molar-refractivity contribution is 0.325. The Hall–Kier alpha value is -3.67. The van der Waals surface area contributed by atoms with E-state index in [1.165, 1.54) is 56.9 Å². The molecule has 1 saturated carbocycles. The number of aryl methyl sites for hydroxylation is 1. The minimum Gasteiger partial charge on any atom is -0.370 e. The monoisotopic (exact) mass is 506 g/mol. The second kappa shape index (κ2) is 11.0. The molecule has 0 amide bonds. The molecule has 1 saturated heterocycles. The van der Waals surface area contributed by atoms with E-state index in [9.17, 15) is 0 Å². The molecule has 1 aromatic carbocycles. The number of piperidine rings is 1. The van der Waals surface area contributed by atoms with Gasteiger partial charge < -0.3 is 9.88 Å². The molecule has 3 aromatic heterocycles. The third kappa shape index (κ3) is 5.04. The summed E-state index contributed by atoms with van der Waals surface area (Å²) in [5, 5.41) is 8.95. The Labute approximate surface area is 225 Å². The van der Waals surface area contributed by atoms with E-state index < -0.39 is 0 Å². The molecular formula is C32H38N6. The molecule has 6 nitrogen and oxygen atoms in total. The minimum atomic E-state index is 0.789. The van der Waals surface area contributed by atoms with Gasteiger partial charge in [0, 0.05) is 42.1 Å². The minimum absolute atomic E-state index is 0.789. The van der Waals surface area contributed by atoms with Crippen molar-refractivity contribution in [1.82, 2.24) is 30.0 Å². The standard InChI is InChI=1S/C32H38N6/c1-3-10-29(38-15-8-5-9-16-38)30-22(2)34-32(35-30)31-27-19-25(13-14-28(27)36-37-31)26-18-24(20-33-21-26)17-23-11-6-4-7-12-23/h3,10,13-14,18-21,23H,1,4-9,11-12,15-17H2,2H3,(H,34,35)(H,36,37)/b29-10+. The maximum Gasteiger partial charge on any atom is 0.159 e. The molecule has 0 unspecified atom stereocenters. The zero-order valence-corrected chi connectivity index (χ0v) is 22.5. The van der Waals surface area contributed by atoms with Crippen LogP contribution in [0.2, 0.25) is 0 Å². The molecule has 0 radical (unpaired) electrons. The van der Waals surface area contributed by atoms with Gasteiger partial charge in [0.05, 0.1) is 11.2 Å². The van der Waals surface area contributed by atoms with Crippen LogP contribution < -0.4 is 0 Å². The molecule has 2 fully saturated rings. The Balaban J connectivity index is 1.32. The average Bonchev–Trinajstić information content (AvgIpc) is 3.55. The van der Waals surface area contributed by atoms with E-state index in [1.807, 2.05) is 18.5 Å². The summed E-state index contributed by atoms with van der Waals surface area (Å²) < 4.78 is 0. The van der Waals surface area contributed by atoms with E-state index in [2.05, 4.69) is 68.9 Å². The van der Waals surface area contributed by atoms with Crippen LogP contribution in [0.15, 0.2) is 55.4 Å². The largest absolute Gasteiger partial charge is 0.370 e. The smallest absolute Gasteiger partial charge is 0.159 e. The molecule has 196 valence electrons. The third-order valence-electron chi connectivity index (χ3n) is 8.26. The van der Waals surface area contributed by atoms with E-state index >= 15 is 0 Å². The summed E-state index contributed by atoms with van der Waals surface area (Å²) in [5.41, 5.74) is 8.67. The number of hydrogen-bond donors (Lipinski definition) is 2. The number of likely N-dealkylation sites (tertiary alicyclic amines) is 1. The Morgan fingerprint density at radius 2 is 1.84 bits per heavy atom. The lowest BCUT2D eigenvalue weighted by Gasteiger charge is -2.30. The molecule has 0 spiro atoms. The van der Waals surface area contributed by atoms with Gasteiger partial charge in [-0.3, -0.25) is 10.1 Å². The van der Waals surface area contributed by atoms with Crippen molar-refractivity contribution in [3.63, 3.8) is 0 Å². The highest BCUT2D eigenvalue weighted by Gasteiger charge is 2.22. The summed E-state index contributed by atoms with van der Waals surface area (Å²) in [6.45, 7) is 8.17. The van der Waals surface area contributed by atoms with Gasteiger partial charge in [-0.15, -0.1) is 0 Å². The fraction of sp³-hybridized carbons (Fsp3) is 0.406. The third-order valence-corrected chi connectivity index (χ3v) is 8.26.